The van der Waals surface area contributed by atoms with E-state index in [1.165, 1.54) is 35.0 Å². The lowest BCUT2D eigenvalue weighted by atomic mass is 10.1. The van der Waals surface area contributed by atoms with E-state index in [-0.39, 0.29) is 5.82 Å². The number of rotatable bonds is 4. The van der Waals surface area contributed by atoms with Crippen molar-refractivity contribution >= 4 is 11.8 Å². The third-order valence-electron chi connectivity index (χ3n) is 3.44. The van der Waals surface area contributed by atoms with Crippen molar-refractivity contribution in [3.8, 4) is 11.5 Å². The summed E-state index contributed by atoms with van der Waals surface area (Å²) in [4.78, 5) is 0. The summed E-state index contributed by atoms with van der Waals surface area (Å²) in [6.45, 7) is 4.12. The third-order valence-corrected chi connectivity index (χ3v) is 4.33. The first-order valence-corrected chi connectivity index (χ1v) is 7.89. The largest absolute Gasteiger partial charge is 0.411 e. The Labute approximate surface area is 132 Å². The molecule has 3 aromatic rings. The number of nitrogens with zero attached hydrogens (tertiary/aromatic N) is 2. The summed E-state index contributed by atoms with van der Waals surface area (Å²) in [6, 6.07) is 12.5. The quantitative estimate of drug-likeness (QED) is 0.649. The van der Waals surface area contributed by atoms with Crippen molar-refractivity contribution in [2.24, 2.45) is 0 Å². The van der Waals surface area contributed by atoms with Gasteiger partial charge in [-0.1, -0.05) is 30.0 Å². The van der Waals surface area contributed by atoms with E-state index >= 15 is 0 Å². The minimum absolute atomic E-state index is 0.233. The molecule has 0 unspecified atom stereocenters. The topological polar surface area (TPSA) is 38.9 Å². The molecule has 0 saturated carbocycles. The van der Waals surface area contributed by atoms with Crippen molar-refractivity contribution in [1.29, 1.82) is 0 Å². The van der Waals surface area contributed by atoms with Gasteiger partial charge in [-0.15, -0.1) is 10.2 Å². The summed E-state index contributed by atoms with van der Waals surface area (Å²) in [5.74, 6) is 0.947. The Morgan fingerprint density at radius 3 is 2.50 bits per heavy atom. The Morgan fingerprint density at radius 2 is 1.77 bits per heavy atom. The Morgan fingerprint density at radius 1 is 1.00 bits per heavy atom. The molecule has 0 saturated heterocycles. The van der Waals surface area contributed by atoms with Crippen LogP contribution >= 0.6 is 11.8 Å². The van der Waals surface area contributed by atoms with Gasteiger partial charge in [-0.05, 0) is 54.8 Å². The van der Waals surface area contributed by atoms with Crippen LogP contribution in [-0.2, 0) is 5.75 Å². The molecule has 0 spiro atoms. The Bertz CT molecular complexity index is 784. The van der Waals surface area contributed by atoms with Gasteiger partial charge in [0.05, 0.1) is 0 Å². The normalized spacial score (nSPS) is 10.9. The van der Waals surface area contributed by atoms with Crippen LogP contribution in [0.15, 0.2) is 52.1 Å². The fraction of sp³-hybridized carbons (Fsp3) is 0.176. The molecule has 0 radical (unpaired) electrons. The summed E-state index contributed by atoms with van der Waals surface area (Å²) in [6.07, 6.45) is 0. The van der Waals surface area contributed by atoms with Crippen molar-refractivity contribution in [1.82, 2.24) is 10.2 Å². The molecule has 3 rings (SSSR count). The number of thioether (sulfide) groups is 1. The van der Waals surface area contributed by atoms with E-state index in [1.807, 2.05) is 18.2 Å². The van der Waals surface area contributed by atoms with Gasteiger partial charge in [-0.25, -0.2) is 4.39 Å². The van der Waals surface area contributed by atoms with Crippen LogP contribution in [0.4, 0.5) is 4.39 Å². The van der Waals surface area contributed by atoms with Gasteiger partial charge in [-0.2, -0.15) is 0 Å². The van der Waals surface area contributed by atoms with E-state index in [0.717, 1.165) is 11.1 Å². The molecule has 0 aliphatic carbocycles. The van der Waals surface area contributed by atoms with Crippen molar-refractivity contribution in [2.75, 3.05) is 0 Å². The Hall–Kier alpha value is -2.14. The SMILES string of the molecule is Cc1ccc(-c2nnc(SCc3ccc(F)cc3)o2)cc1C. The number of aryl methyl sites for hydroxylation is 2. The lowest BCUT2D eigenvalue weighted by Crippen LogP contribution is -1.83. The lowest BCUT2D eigenvalue weighted by Gasteiger charge is -2.01. The molecule has 1 heterocycles. The van der Waals surface area contributed by atoms with Gasteiger partial charge in [0.1, 0.15) is 5.82 Å². The zero-order chi connectivity index (χ0) is 15.5. The second-order valence-electron chi connectivity index (χ2n) is 5.09. The molecule has 0 aliphatic rings. The molecule has 3 nitrogen and oxygen atoms in total. The number of hydrogen-bond acceptors (Lipinski definition) is 4. The molecule has 0 N–H and O–H groups in total. The highest BCUT2D eigenvalue weighted by molar-refractivity contribution is 7.98. The van der Waals surface area contributed by atoms with E-state index in [2.05, 4.69) is 24.0 Å². The second-order valence-corrected chi connectivity index (χ2v) is 6.01. The van der Waals surface area contributed by atoms with Crippen LogP contribution in [-0.4, -0.2) is 10.2 Å². The van der Waals surface area contributed by atoms with Crippen LogP contribution in [0.2, 0.25) is 0 Å². The van der Waals surface area contributed by atoms with Crippen LogP contribution in [0.3, 0.4) is 0 Å². The van der Waals surface area contributed by atoms with Crippen LogP contribution < -0.4 is 0 Å². The zero-order valence-electron chi connectivity index (χ0n) is 12.3. The van der Waals surface area contributed by atoms with Gasteiger partial charge in [0.2, 0.25) is 5.89 Å². The van der Waals surface area contributed by atoms with Crippen LogP contribution in [0, 0.1) is 19.7 Å². The Balaban J connectivity index is 1.70. The molecule has 112 valence electrons. The van der Waals surface area contributed by atoms with Crippen molar-refractivity contribution < 1.29 is 8.81 Å². The molecule has 0 bridgehead atoms. The number of aromatic nitrogens is 2. The minimum Gasteiger partial charge on any atom is -0.411 e. The summed E-state index contributed by atoms with van der Waals surface area (Å²) in [5.41, 5.74) is 4.35. The van der Waals surface area contributed by atoms with E-state index in [9.17, 15) is 4.39 Å². The summed E-state index contributed by atoms with van der Waals surface area (Å²) < 4.78 is 18.5. The maximum atomic E-state index is 12.9. The van der Waals surface area contributed by atoms with Gasteiger partial charge in [0, 0.05) is 11.3 Å². The Kier molecular flexibility index (Phi) is 4.24. The highest BCUT2D eigenvalue weighted by Crippen LogP contribution is 2.26. The molecule has 0 fully saturated rings. The predicted octanol–water partition coefficient (Wildman–Crippen LogP) is 4.78. The van der Waals surface area contributed by atoms with Crippen molar-refractivity contribution in [3.05, 3.63) is 65.0 Å². The van der Waals surface area contributed by atoms with Gasteiger partial charge >= 0.3 is 0 Å². The van der Waals surface area contributed by atoms with Crippen LogP contribution in [0.5, 0.6) is 0 Å². The predicted molar refractivity (Wildman–Crippen MR) is 85.2 cm³/mol. The first-order valence-electron chi connectivity index (χ1n) is 6.90. The fourth-order valence-electron chi connectivity index (χ4n) is 1.98. The van der Waals surface area contributed by atoms with E-state index < -0.39 is 0 Å². The van der Waals surface area contributed by atoms with Gasteiger partial charge < -0.3 is 4.42 Å². The maximum Gasteiger partial charge on any atom is 0.277 e. The van der Waals surface area contributed by atoms with Crippen molar-refractivity contribution in [3.63, 3.8) is 0 Å². The highest BCUT2D eigenvalue weighted by Gasteiger charge is 2.10. The maximum absolute atomic E-state index is 12.9. The zero-order valence-corrected chi connectivity index (χ0v) is 13.2. The number of hydrogen-bond donors (Lipinski definition) is 0. The lowest BCUT2D eigenvalue weighted by molar-refractivity contribution is 0.466. The molecular weight excluding hydrogens is 299 g/mol. The average molecular weight is 314 g/mol. The summed E-state index contributed by atoms with van der Waals surface area (Å²) in [5, 5.41) is 8.65. The minimum atomic E-state index is -0.233. The van der Waals surface area contributed by atoms with Crippen LogP contribution in [0.25, 0.3) is 11.5 Å². The summed E-state index contributed by atoms with van der Waals surface area (Å²) >= 11 is 1.44. The third kappa shape index (κ3) is 3.36. The number of benzene rings is 2. The standard InChI is InChI=1S/C17H15FN2OS/c1-11-3-6-14(9-12(11)2)16-19-20-17(21-16)22-10-13-4-7-15(18)8-5-13/h3-9H,10H2,1-2H3. The van der Waals surface area contributed by atoms with Crippen LogP contribution in [0.1, 0.15) is 16.7 Å². The monoisotopic (exact) mass is 314 g/mol. The molecule has 0 atom stereocenters. The van der Waals surface area contributed by atoms with Gasteiger partial charge in [-0.3, -0.25) is 0 Å². The number of halogens is 1. The molecular formula is C17H15FN2OS. The van der Waals surface area contributed by atoms with Crippen molar-refractivity contribution in [2.45, 2.75) is 24.8 Å². The van der Waals surface area contributed by atoms with E-state index in [4.69, 9.17) is 4.42 Å². The first kappa shape index (κ1) is 14.8. The molecule has 0 aliphatic heterocycles. The highest BCUT2D eigenvalue weighted by atomic mass is 32.2. The first-order chi connectivity index (χ1) is 10.6. The molecule has 1 aromatic heterocycles. The van der Waals surface area contributed by atoms with Gasteiger partial charge in [0.15, 0.2) is 0 Å². The average Bonchev–Trinajstić information content (AvgIpc) is 2.98. The molecule has 5 heteroatoms. The molecule has 22 heavy (non-hydrogen) atoms. The summed E-state index contributed by atoms with van der Waals surface area (Å²) in [7, 11) is 0. The van der Waals surface area contributed by atoms with Gasteiger partial charge in [0.25, 0.3) is 5.22 Å². The molecule has 0 amide bonds. The molecule has 2 aromatic carbocycles. The second kappa shape index (κ2) is 6.32. The smallest absolute Gasteiger partial charge is 0.277 e. The van der Waals surface area contributed by atoms with E-state index in [1.54, 1.807) is 12.1 Å². The van der Waals surface area contributed by atoms with E-state index in [0.29, 0.717) is 16.9 Å². The fourth-order valence-corrected chi connectivity index (χ4v) is 2.70.